The summed E-state index contributed by atoms with van der Waals surface area (Å²) in [6.45, 7) is 3.24. The number of rotatable bonds is 2. The van der Waals surface area contributed by atoms with Gasteiger partial charge >= 0.3 is 6.09 Å². The molecule has 4 heterocycles. The number of carboxylic acid groups (broad SMARTS) is 1. The number of hydrogen-bond donors (Lipinski definition) is 2. The van der Waals surface area contributed by atoms with Crippen LogP contribution in [0, 0.1) is 18.8 Å². The SMILES string of the molecule is Cc1cc2ncnn2cc1C#Cc1nc(C2CCC3(CC2)OCCO3)sc1NC(=O)O. The van der Waals surface area contributed by atoms with E-state index in [2.05, 4.69) is 27.2 Å². The Morgan fingerprint density at radius 2 is 2.10 bits per heavy atom. The number of aryl methyl sites for hydroxylation is 1. The lowest BCUT2D eigenvalue weighted by molar-refractivity contribution is -0.178. The van der Waals surface area contributed by atoms with Crippen LogP contribution in [0.2, 0.25) is 0 Å². The van der Waals surface area contributed by atoms with Crippen molar-refractivity contribution in [2.24, 2.45) is 0 Å². The lowest BCUT2D eigenvalue weighted by atomic mass is 9.85. The fraction of sp³-hybridized carbons (Fsp3) is 0.429. The molecule has 5 rings (SSSR count). The van der Waals surface area contributed by atoms with Crippen molar-refractivity contribution >= 4 is 28.1 Å². The Morgan fingerprint density at radius 1 is 1.32 bits per heavy atom. The minimum absolute atomic E-state index is 0.238. The molecule has 1 spiro atoms. The van der Waals surface area contributed by atoms with Gasteiger partial charge in [-0.15, -0.1) is 0 Å². The zero-order valence-electron chi connectivity index (χ0n) is 16.9. The minimum atomic E-state index is -1.13. The van der Waals surface area contributed by atoms with E-state index in [1.54, 1.807) is 4.52 Å². The molecular weight excluding hydrogens is 418 g/mol. The Hall–Kier alpha value is -3.00. The largest absolute Gasteiger partial charge is 0.465 e. The van der Waals surface area contributed by atoms with Gasteiger partial charge in [-0.05, 0) is 37.3 Å². The Kier molecular flexibility index (Phi) is 5.09. The monoisotopic (exact) mass is 439 g/mol. The maximum Gasteiger partial charge on any atom is 0.409 e. The molecule has 0 unspecified atom stereocenters. The van der Waals surface area contributed by atoms with Gasteiger partial charge < -0.3 is 14.6 Å². The van der Waals surface area contributed by atoms with Crippen molar-refractivity contribution in [3.63, 3.8) is 0 Å². The van der Waals surface area contributed by atoms with Crippen LogP contribution in [0.5, 0.6) is 0 Å². The van der Waals surface area contributed by atoms with E-state index in [4.69, 9.17) is 14.5 Å². The Labute approximate surface area is 182 Å². The van der Waals surface area contributed by atoms with Crippen molar-refractivity contribution in [1.82, 2.24) is 19.6 Å². The molecule has 2 aliphatic rings. The lowest BCUT2D eigenvalue weighted by Gasteiger charge is -2.34. The molecule has 2 N–H and O–H groups in total. The summed E-state index contributed by atoms with van der Waals surface area (Å²) in [5.41, 5.74) is 2.93. The number of thiazole rings is 1. The fourth-order valence-electron chi connectivity index (χ4n) is 4.08. The molecule has 160 valence electrons. The lowest BCUT2D eigenvalue weighted by Crippen LogP contribution is -2.34. The molecule has 1 aliphatic carbocycles. The van der Waals surface area contributed by atoms with Gasteiger partial charge in [0.15, 0.2) is 11.4 Å². The Morgan fingerprint density at radius 3 is 2.84 bits per heavy atom. The first-order valence-corrected chi connectivity index (χ1v) is 10.9. The molecule has 1 aliphatic heterocycles. The highest BCUT2D eigenvalue weighted by atomic mass is 32.1. The van der Waals surface area contributed by atoms with Gasteiger partial charge in [-0.3, -0.25) is 5.32 Å². The number of nitrogens with one attached hydrogen (secondary N) is 1. The maximum absolute atomic E-state index is 11.3. The molecule has 0 bridgehead atoms. The first-order valence-electron chi connectivity index (χ1n) is 10.1. The fourth-order valence-corrected chi connectivity index (χ4v) is 5.16. The quantitative estimate of drug-likeness (QED) is 0.589. The molecule has 1 amide bonds. The molecule has 10 heteroatoms. The summed E-state index contributed by atoms with van der Waals surface area (Å²) in [6.07, 6.45) is 5.57. The van der Waals surface area contributed by atoms with Crippen LogP contribution in [0.3, 0.4) is 0 Å². The number of pyridine rings is 1. The van der Waals surface area contributed by atoms with E-state index in [0.717, 1.165) is 47.5 Å². The predicted octanol–water partition coefficient (Wildman–Crippen LogP) is 3.38. The van der Waals surface area contributed by atoms with E-state index in [1.165, 1.54) is 17.7 Å². The van der Waals surface area contributed by atoms with Crippen molar-refractivity contribution in [1.29, 1.82) is 0 Å². The van der Waals surface area contributed by atoms with Gasteiger partial charge in [-0.1, -0.05) is 17.3 Å². The van der Waals surface area contributed by atoms with Gasteiger partial charge in [0.05, 0.1) is 18.2 Å². The minimum Gasteiger partial charge on any atom is -0.465 e. The maximum atomic E-state index is 11.3. The van der Waals surface area contributed by atoms with Crippen molar-refractivity contribution in [3.05, 3.63) is 40.4 Å². The van der Waals surface area contributed by atoms with Crippen LogP contribution in [0.1, 0.15) is 53.4 Å². The van der Waals surface area contributed by atoms with Crippen molar-refractivity contribution in [2.45, 2.75) is 44.3 Å². The van der Waals surface area contributed by atoms with Crippen molar-refractivity contribution in [3.8, 4) is 11.8 Å². The van der Waals surface area contributed by atoms with Crippen LogP contribution in [0.25, 0.3) is 5.65 Å². The first kappa shape index (κ1) is 19.9. The number of anilines is 1. The third-order valence-corrected chi connectivity index (χ3v) is 6.85. The summed E-state index contributed by atoms with van der Waals surface area (Å²) >= 11 is 1.35. The summed E-state index contributed by atoms with van der Waals surface area (Å²) in [7, 11) is 0. The highest BCUT2D eigenvalue weighted by molar-refractivity contribution is 7.16. The van der Waals surface area contributed by atoms with Crippen LogP contribution in [0.15, 0.2) is 18.6 Å². The van der Waals surface area contributed by atoms with Crippen molar-refractivity contribution in [2.75, 3.05) is 18.5 Å². The van der Waals surface area contributed by atoms with Gasteiger partial charge in [0, 0.05) is 30.5 Å². The molecule has 0 aromatic carbocycles. The molecule has 0 radical (unpaired) electrons. The normalized spacial score (nSPS) is 18.2. The second-order valence-electron chi connectivity index (χ2n) is 7.72. The Bertz CT molecular complexity index is 1190. The number of aromatic nitrogens is 4. The average Bonchev–Trinajstić information content (AvgIpc) is 3.47. The average molecular weight is 439 g/mol. The molecule has 3 aromatic rings. The van der Waals surface area contributed by atoms with E-state index < -0.39 is 11.9 Å². The van der Waals surface area contributed by atoms with Crippen LogP contribution in [-0.4, -0.2) is 49.8 Å². The summed E-state index contributed by atoms with van der Waals surface area (Å²) in [5.74, 6) is 5.97. The van der Waals surface area contributed by atoms with E-state index in [0.29, 0.717) is 23.9 Å². The molecular formula is C21H21N5O4S. The molecule has 31 heavy (non-hydrogen) atoms. The van der Waals surface area contributed by atoms with Gasteiger partial charge in [0.2, 0.25) is 0 Å². The molecule has 9 nitrogen and oxygen atoms in total. The summed E-state index contributed by atoms with van der Waals surface area (Å²) in [6, 6.07) is 1.91. The van der Waals surface area contributed by atoms with Gasteiger partial charge in [0.1, 0.15) is 17.0 Å². The predicted molar refractivity (Wildman–Crippen MR) is 113 cm³/mol. The van der Waals surface area contributed by atoms with Crippen LogP contribution in [0.4, 0.5) is 9.80 Å². The van der Waals surface area contributed by atoms with E-state index in [-0.39, 0.29) is 5.92 Å². The molecule has 0 atom stereocenters. The number of amides is 1. The Balaban J connectivity index is 1.42. The molecule has 3 aromatic heterocycles. The van der Waals surface area contributed by atoms with Crippen LogP contribution < -0.4 is 5.32 Å². The highest BCUT2D eigenvalue weighted by Crippen LogP contribution is 2.44. The third-order valence-electron chi connectivity index (χ3n) is 5.71. The number of fused-ring (bicyclic) bond motifs is 1. The van der Waals surface area contributed by atoms with E-state index in [1.807, 2.05) is 19.2 Å². The molecule has 2 fully saturated rings. The standard InChI is InChI=1S/C21H21N5O4S/c1-13-10-17-22-12-23-26(17)11-15(13)2-3-16-19(25-20(27)28)31-18(24-16)14-4-6-21(7-5-14)29-8-9-30-21/h10-12,14,25H,4-9H2,1H3,(H,27,28). The van der Waals surface area contributed by atoms with Gasteiger partial charge in [0.25, 0.3) is 0 Å². The molecule has 1 saturated heterocycles. The second-order valence-corrected chi connectivity index (χ2v) is 8.76. The van der Waals surface area contributed by atoms with Crippen LogP contribution in [-0.2, 0) is 9.47 Å². The molecule has 1 saturated carbocycles. The highest BCUT2D eigenvalue weighted by Gasteiger charge is 2.41. The summed E-state index contributed by atoms with van der Waals surface area (Å²) in [4.78, 5) is 20.2. The third kappa shape index (κ3) is 3.99. The number of nitrogens with zero attached hydrogens (tertiary/aromatic N) is 4. The van der Waals surface area contributed by atoms with E-state index >= 15 is 0 Å². The topological polar surface area (TPSA) is 111 Å². The smallest absolute Gasteiger partial charge is 0.409 e. The van der Waals surface area contributed by atoms with E-state index in [9.17, 15) is 9.90 Å². The zero-order valence-corrected chi connectivity index (χ0v) is 17.7. The van der Waals surface area contributed by atoms with Gasteiger partial charge in [-0.2, -0.15) is 5.10 Å². The summed E-state index contributed by atoms with van der Waals surface area (Å²) in [5, 5.41) is 17.2. The number of hydrogen-bond acceptors (Lipinski definition) is 7. The number of ether oxygens (including phenoxy) is 2. The van der Waals surface area contributed by atoms with Gasteiger partial charge in [-0.25, -0.2) is 19.3 Å². The van der Waals surface area contributed by atoms with Crippen LogP contribution >= 0.6 is 11.3 Å². The first-order chi connectivity index (χ1) is 15.0. The zero-order chi connectivity index (χ0) is 21.4. The van der Waals surface area contributed by atoms with Crippen molar-refractivity contribution < 1.29 is 19.4 Å². The second kappa shape index (κ2) is 7.92. The summed E-state index contributed by atoms with van der Waals surface area (Å²) < 4.78 is 13.3. The number of carbonyl (C=O) groups is 1.